The Morgan fingerprint density at radius 2 is 1.72 bits per heavy atom. The van der Waals surface area contributed by atoms with Crippen molar-refractivity contribution in [1.29, 1.82) is 0 Å². The van der Waals surface area contributed by atoms with Gasteiger partial charge in [0.1, 0.15) is 4.90 Å². The molecule has 1 saturated heterocycles. The minimum Gasteiger partial charge on any atom is -0.385 e. The zero-order chi connectivity index (χ0) is 25.9. The first kappa shape index (κ1) is 25.6. The van der Waals surface area contributed by atoms with E-state index in [1.54, 1.807) is 47.5 Å². The molecule has 2 heterocycles. The summed E-state index contributed by atoms with van der Waals surface area (Å²) in [5, 5.41) is 11.9. The minimum absolute atomic E-state index is 0.0928. The average Bonchev–Trinajstić information content (AvgIpc) is 2.87. The summed E-state index contributed by atoms with van der Waals surface area (Å²) in [7, 11) is -3.87. The fourth-order valence-electron chi connectivity index (χ4n) is 4.67. The quantitative estimate of drug-likeness (QED) is 0.464. The number of nitrogens with one attached hydrogen (secondary N) is 1. The van der Waals surface area contributed by atoms with Crippen LogP contribution in [0.15, 0.2) is 89.0 Å². The van der Waals surface area contributed by atoms with Crippen molar-refractivity contribution in [2.45, 2.75) is 44.1 Å². The Morgan fingerprint density at radius 3 is 2.36 bits per heavy atom. The number of rotatable bonds is 6. The lowest BCUT2D eigenvalue weighted by Crippen LogP contribution is -2.47. The Kier molecular flexibility index (Phi) is 7.28. The van der Waals surface area contributed by atoms with Crippen LogP contribution in [-0.2, 0) is 10.0 Å². The predicted octanol–water partition coefficient (Wildman–Crippen LogP) is 4.92. The highest BCUT2D eigenvalue weighted by Crippen LogP contribution is 2.33. The van der Waals surface area contributed by atoms with Crippen LogP contribution < -0.4 is 4.72 Å². The van der Waals surface area contributed by atoms with Crippen LogP contribution in [0.1, 0.15) is 44.0 Å². The molecule has 1 aliphatic rings. The highest BCUT2D eigenvalue weighted by molar-refractivity contribution is 7.93. The van der Waals surface area contributed by atoms with Crippen molar-refractivity contribution in [3.63, 3.8) is 0 Å². The van der Waals surface area contributed by atoms with Gasteiger partial charge in [0, 0.05) is 35.9 Å². The van der Waals surface area contributed by atoms with Crippen LogP contribution in [0, 0.1) is 0 Å². The van der Waals surface area contributed by atoms with Crippen molar-refractivity contribution in [1.82, 2.24) is 9.88 Å². The first-order chi connectivity index (χ1) is 17.1. The molecular weight excluding hydrogens is 474 g/mol. The van der Waals surface area contributed by atoms with Crippen LogP contribution in [0.5, 0.6) is 0 Å². The Balaban J connectivity index is 1.46. The summed E-state index contributed by atoms with van der Waals surface area (Å²) in [5.74, 6) is -0.144. The molecule has 2 aromatic carbocycles. The van der Waals surface area contributed by atoms with Crippen molar-refractivity contribution >= 4 is 32.5 Å². The van der Waals surface area contributed by atoms with E-state index in [4.69, 9.17) is 0 Å². The molecule has 36 heavy (non-hydrogen) atoms. The van der Waals surface area contributed by atoms with E-state index in [9.17, 15) is 18.3 Å². The number of benzene rings is 2. The number of sulfonamides is 1. The molecule has 8 heteroatoms. The molecule has 1 fully saturated rings. The predicted molar refractivity (Wildman–Crippen MR) is 142 cm³/mol. The molecule has 3 aromatic rings. The third-order valence-electron chi connectivity index (χ3n) is 6.52. The van der Waals surface area contributed by atoms with Gasteiger partial charge < -0.3 is 10.0 Å². The number of hydrogen-bond donors (Lipinski definition) is 2. The van der Waals surface area contributed by atoms with E-state index < -0.39 is 15.6 Å². The summed E-state index contributed by atoms with van der Waals surface area (Å²) >= 11 is 0. The topological polar surface area (TPSA) is 99.6 Å². The summed E-state index contributed by atoms with van der Waals surface area (Å²) in [5.41, 5.74) is 2.25. The highest BCUT2D eigenvalue weighted by Gasteiger charge is 2.36. The van der Waals surface area contributed by atoms with Gasteiger partial charge >= 0.3 is 0 Å². The maximum atomic E-state index is 13.1. The molecule has 0 atom stereocenters. The van der Waals surface area contributed by atoms with E-state index in [1.165, 1.54) is 6.07 Å². The van der Waals surface area contributed by atoms with Gasteiger partial charge in [-0.1, -0.05) is 35.9 Å². The van der Waals surface area contributed by atoms with Crippen molar-refractivity contribution in [3.8, 4) is 0 Å². The summed E-state index contributed by atoms with van der Waals surface area (Å²) in [6.45, 7) is 6.76. The summed E-state index contributed by atoms with van der Waals surface area (Å²) in [4.78, 5) is 19.1. The maximum absolute atomic E-state index is 13.1. The van der Waals surface area contributed by atoms with Crippen LogP contribution in [0.3, 0.4) is 0 Å². The highest BCUT2D eigenvalue weighted by atomic mass is 32.2. The minimum atomic E-state index is -3.87. The van der Waals surface area contributed by atoms with Gasteiger partial charge in [-0.15, -0.1) is 0 Å². The number of pyridine rings is 1. The third-order valence-corrected chi connectivity index (χ3v) is 7.93. The lowest BCUT2D eigenvalue weighted by atomic mass is 9.81. The maximum Gasteiger partial charge on any atom is 0.264 e. The number of aromatic nitrogens is 1. The first-order valence-corrected chi connectivity index (χ1v) is 13.4. The van der Waals surface area contributed by atoms with Crippen LogP contribution in [0.4, 0.5) is 5.69 Å². The number of anilines is 1. The summed E-state index contributed by atoms with van der Waals surface area (Å²) < 4.78 is 28.6. The second-order valence-electron chi connectivity index (χ2n) is 9.25. The average molecular weight is 506 g/mol. The van der Waals surface area contributed by atoms with Crippen LogP contribution >= 0.6 is 0 Å². The van der Waals surface area contributed by atoms with E-state index in [2.05, 4.69) is 9.71 Å². The third kappa shape index (κ3) is 5.20. The van der Waals surface area contributed by atoms with Crippen molar-refractivity contribution < 1.29 is 18.3 Å². The molecular formula is C28H31N3O4S. The smallest absolute Gasteiger partial charge is 0.264 e. The van der Waals surface area contributed by atoms with E-state index in [1.807, 2.05) is 45.1 Å². The second kappa shape index (κ2) is 10.2. The van der Waals surface area contributed by atoms with Crippen LogP contribution in [-0.4, -0.2) is 48.0 Å². The Bertz CT molecular complexity index is 1430. The monoisotopic (exact) mass is 505 g/mol. The van der Waals surface area contributed by atoms with Crippen molar-refractivity contribution in [2.75, 3.05) is 17.8 Å². The number of fused-ring (bicyclic) bond motifs is 1. The molecule has 0 spiro atoms. The second-order valence-corrected chi connectivity index (χ2v) is 10.9. The summed E-state index contributed by atoms with van der Waals surface area (Å²) in [6, 6.07) is 15.0. The molecule has 0 unspecified atom stereocenters. The molecule has 1 aromatic heterocycles. The number of allylic oxidation sites excluding steroid dienone is 2. The Morgan fingerprint density at radius 1 is 1.06 bits per heavy atom. The molecule has 4 rings (SSSR count). The molecule has 0 bridgehead atoms. The van der Waals surface area contributed by atoms with Crippen molar-refractivity contribution in [2.24, 2.45) is 0 Å². The fraction of sp³-hybridized carbons (Fsp3) is 0.286. The normalized spacial score (nSPS) is 15.7. The van der Waals surface area contributed by atoms with Gasteiger partial charge in [0.2, 0.25) is 0 Å². The standard InChI is InChI=1S/C28H31N3O4S/c1-4-7-24(20(2)3)28(33)15-18-31(19-16-28)27(32)22-11-13-23(14-12-22)30-36(34,35)25-10-5-8-21-9-6-17-29-26(21)25/h4-14,17,30,33H,15-16,18-19H2,1-3H3/b7-4-. The number of nitrogens with zero attached hydrogens (tertiary/aromatic N) is 2. The zero-order valence-corrected chi connectivity index (χ0v) is 21.5. The number of amides is 1. The number of carbonyl (C=O) groups excluding carboxylic acids is 1. The van der Waals surface area contributed by atoms with Gasteiger partial charge in [-0.3, -0.25) is 14.5 Å². The SMILES string of the molecule is C/C=C\C(=C(C)C)C1(O)CCN(C(=O)c2ccc(NS(=O)(=O)c3cccc4cccnc34)cc2)CC1. The molecule has 1 amide bonds. The number of hydrogen-bond acceptors (Lipinski definition) is 5. The number of aliphatic hydroxyl groups is 1. The fourth-order valence-corrected chi connectivity index (χ4v) is 5.91. The van der Waals surface area contributed by atoms with Crippen molar-refractivity contribution in [3.05, 3.63) is 89.7 Å². The molecule has 188 valence electrons. The van der Waals surface area contributed by atoms with E-state index in [0.29, 0.717) is 42.7 Å². The van der Waals surface area contributed by atoms with E-state index in [-0.39, 0.29) is 10.8 Å². The number of carbonyl (C=O) groups is 1. The number of likely N-dealkylation sites (tertiary alicyclic amines) is 1. The lowest BCUT2D eigenvalue weighted by Gasteiger charge is -2.39. The molecule has 0 radical (unpaired) electrons. The van der Waals surface area contributed by atoms with Gasteiger partial charge in [0.15, 0.2) is 0 Å². The molecule has 2 N–H and O–H groups in total. The summed E-state index contributed by atoms with van der Waals surface area (Å²) in [6.07, 6.45) is 6.34. The van der Waals surface area contributed by atoms with E-state index >= 15 is 0 Å². The Hall–Kier alpha value is -3.49. The van der Waals surface area contributed by atoms with E-state index in [0.717, 1.165) is 16.5 Å². The molecule has 0 aliphatic carbocycles. The molecule has 0 saturated carbocycles. The molecule has 1 aliphatic heterocycles. The van der Waals surface area contributed by atoms with Crippen LogP contribution in [0.25, 0.3) is 10.9 Å². The number of piperidine rings is 1. The van der Waals surface area contributed by atoms with Gasteiger partial charge in [-0.25, -0.2) is 8.42 Å². The van der Waals surface area contributed by atoms with Gasteiger partial charge in [-0.2, -0.15) is 0 Å². The first-order valence-electron chi connectivity index (χ1n) is 11.9. The Labute approximate surface area is 212 Å². The van der Waals surface area contributed by atoms with Gasteiger partial charge in [-0.05, 0) is 75.6 Å². The zero-order valence-electron chi connectivity index (χ0n) is 20.7. The van der Waals surface area contributed by atoms with Gasteiger partial charge in [0.05, 0.1) is 11.1 Å². The van der Waals surface area contributed by atoms with Crippen LogP contribution in [0.2, 0.25) is 0 Å². The number of para-hydroxylation sites is 1. The largest absolute Gasteiger partial charge is 0.385 e. The molecule has 7 nitrogen and oxygen atoms in total. The van der Waals surface area contributed by atoms with Gasteiger partial charge in [0.25, 0.3) is 15.9 Å². The lowest BCUT2D eigenvalue weighted by molar-refractivity contribution is 0.0125.